The first-order valence-electron chi connectivity index (χ1n) is 6.91. The highest BCUT2D eigenvalue weighted by Crippen LogP contribution is 2.21. The molecule has 0 radical (unpaired) electrons. The number of hydrogen-bond acceptors (Lipinski definition) is 4. The Morgan fingerprint density at radius 2 is 1.90 bits per heavy atom. The van der Waals surface area contributed by atoms with Crippen molar-refractivity contribution < 1.29 is 4.74 Å². The number of nitrogens with one attached hydrogen (secondary N) is 1. The summed E-state index contributed by atoms with van der Waals surface area (Å²) in [6.45, 7) is 6.27. The summed E-state index contributed by atoms with van der Waals surface area (Å²) in [7, 11) is 1.70. The van der Waals surface area contributed by atoms with Gasteiger partial charge in [0.1, 0.15) is 0 Å². The summed E-state index contributed by atoms with van der Waals surface area (Å²) < 4.78 is 5.02. The quantitative estimate of drug-likeness (QED) is 0.833. The molecule has 0 fully saturated rings. The molecule has 0 atom stereocenters. The maximum Gasteiger partial charge on any atom is 0.159 e. The van der Waals surface area contributed by atoms with E-state index in [9.17, 15) is 0 Å². The van der Waals surface area contributed by atoms with Crippen molar-refractivity contribution in [2.24, 2.45) is 0 Å². The van der Waals surface area contributed by atoms with Gasteiger partial charge in [-0.1, -0.05) is 23.7 Å². The number of ether oxygens (including phenoxy) is 1. The number of rotatable bonds is 6. The number of aromatic nitrogens is 2. The molecule has 21 heavy (non-hydrogen) atoms. The van der Waals surface area contributed by atoms with Crippen LogP contribution in [0.25, 0.3) is 11.4 Å². The van der Waals surface area contributed by atoms with E-state index in [1.807, 2.05) is 38.1 Å². The first-order valence-corrected chi connectivity index (χ1v) is 7.29. The Labute approximate surface area is 130 Å². The third-order valence-electron chi connectivity index (χ3n) is 3.29. The zero-order chi connectivity index (χ0) is 15.2. The molecular weight excluding hydrogens is 286 g/mol. The number of benzene rings is 1. The number of methoxy groups -OCH3 is 1. The molecule has 2 aromatic rings. The van der Waals surface area contributed by atoms with Gasteiger partial charge in [-0.25, -0.2) is 9.97 Å². The molecule has 112 valence electrons. The van der Waals surface area contributed by atoms with E-state index in [2.05, 4.69) is 15.3 Å². The van der Waals surface area contributed by atoms with E-state index in [0.717, 1.165) is 35.6 Å². The van der Waals surface area contributed by atoms with Crippen LogP contribution in [0.5, 0.6) is 0 Å². The summed E-state index contributed by atoms with van der Waals surface area (Å²) in [5.41, 5.74) is 4.05. The Kier molecular flexibility index (Phi) is 5.67. The molecule has 5 heteroatoms. The van der Waals surface area contributed by atoms with Crippen LogP contribution in [0.2, 0.25) is 5.02 Å². The SMILES string of the molecule is COCCNCc1c(C)nc(-c2cccc(Cl)c2)nc1C. The van der Waals surface area contributed by atoms with Crippen LogP contribution in [0.4, 0.5) is 0 Å². The molecule has 0 aliphatic rings. The summed E-state index contributed by atoms with van der Waals surface area (Å²) in [5, 5.41) is 4.02. The summed E-state index contributed by atoms with van der Waals surface area (Å²) in [6, 6.07) is 7.60. The molecule has 1 heterocycles. The fourth-order valence-corrected chi connectivity index (χ4v) is 2.33. The summed E-state index contributed by atoms with van der Waals surface area (Å²) >= 11 is 6.03. The zero-order valence-electron chi connectivity index (χ0n) is 12.6. The predicted octanol–water partition coefficient (Wildman–Crippen LogP) is 3.15. The molecule has 0 aliphatic heterocycles. The summed E-state index contributed by atoms with van der Waals surface area (Å²) in [6.07, 6.45) is 0. The third kappa shape index (κ3) is 4.24. The molecule has 1 N–H and O–H groups in total. The predicted molar refractivity (Wildman–Crippen MR) is 85.5 cm³/mol. The number of aryl methyl sites for hydroxylation is 2. The van der Waals surface area contributed by atoms with Crippen molar-refractivity contribution in [3.05, 3.63) is 46.2 Å². The van der Waals surface area contributed by atoms with Gasteiger partial charge in [-0.2, -0.15) is 0 Å². The molecule has 2 rings (SSSR count). The van der Waals surface area contributed by atoms with E-state index >= 15 is 0 Å². The van der Waals surface area contributed by atoms with Gasteiger partial charge in [0.05, 0.1) is 6.61 Å². The van der Waals surface area contributed by atoms with E-state index in [-0.39, 0.29) is 0 Å². The van der Waals surface area contributed by atoms with Crippen molar-refractivity contribution in [2.75, 3.05) is 20.3 Å². The first-order chi connectivity index (χ1) is 10.1. The minimum atomic E-state index is 0.691. The van der Waals surface area contributed by atoms with Crippen molar-refractivity contribution >= 4 is 11.6 Å². The molecule has 4 nitrogen and oxygen atoms in total. The number of halogens is 1. The monoisotopic (exact) mass is 305 g/mol. The van der Waals surface area contributed by atoms with E-state index in [0.29, 0.717) is 17.5 Å². The van der Waals surface area contributed by atoms with Gasteiger partial charge in [-0.3, -0.25) is 0 Å². The summed E-state index contributed by atoms with van der Waals surface area (Å²) in [4.78, 5) is 9.21. The lowest BCUT2D eigenvalue weighted by molar-refractivity contribution is 0.199. The second-order valence-corrected chi connectivity index (χ2v) is 5.31. The van der Waals surface area contributed by atoms with Gasteiger partial charge in [0, 0.05) is 47.7 Å². The third-order valence-corrected chi connectivity index (χ3v) is 3.52. The van der Waals surface area contributed by atoms with Gasteiger partial charge in [-0.15, -0.1) is 0 Å². The zero-order valence-corrected chi connectivity index (χ0v) is 13.4. The maximum atomic E-state index is 6.03. The lowest BCUT2D eigenvalue weighted by atomic mass is 10.1. The van der Waals surface area contributed by atoms with E-state index < -0.39 is 0 Å². The van der Waals surface area contributed by atoms with Gasteiger partial charge in [0.15, 0.2) is 5.82 Å². The second kappa shape index (κ2) is 7.50. The fraction of sp³-hybridized carbons (Fsp3) is 0.375. The molecular formula is C16H20ClN3O. The fourth-order valence-electron chi connectivity index (χ4n) is 2.14. The van der Waals surface area contributed by atoms with Crippen molar-refractivity contribution in [1.29, 1.82) is 0 Å². The van der Waals surface area contributed by atoms with Gasteiger partial charge in [0.2, 0.25) is 0 Å². The van der Waals surface area contributed by atoms with Crippen LogP contribution in [0.1, 0.15) is 17.0 Å². The molecule has 0 saturated heterocycles. The van der Waals surface area contributed by atoms with Crippen molar-refractivity contribution in [3.63, 3.8) is 0 Å². The molecule has 0 aliphatic carbocycles. The average molecular weight is 306 g/mol. The van der Waals surface area contributed by atoms with Crippen LogP contribution in [0, 0.1) is 13.8 Å². The second-order valence-electron chi connectivity index (χ2n) is 4.88. The van der Waals surface area contributed by atoms with Crippen LogP contribution >= 0.6 is 11.6 Å². The Morgan fingerprint density at radius 1 is 1.19 bits per heavy atom. The molecule has 1 aromatic heterocycles. The van der Waals surface area contributed by atoms with Gasteiger partial charge >= 0.3 is 0 Å². The topological polar surface area (TPSA) is 47.0 Å². The normalized spacial score (nSPS) is 10.9. The smallest absolute Gasteiger partial charge is 0.159 e. The maximum absolute atomic E-state index is 6.03. The van der Waals surface area contributed by atoms with Crippen LogP contribution < -0.4 is 5.32 Å². The largest absolute Gasteiger partial charge is 0.383 e. The van der Waals surface area contributed by atoms with Gasteiger partial charge < -0.3 is 10.1 Å². The standard InChI is InChI=1S/C16H20ClN3O/c1-11-15(10-18-7-8-21-3)12(2)20-16(19-11)13-5-4-6-14(17)9-13/h4-6,9,18H,7-8,10H2,1-3H3. The van der Waals surface area contributed by atoms with Crippen LogP contribution in [0.15, 0.2) is 24.3 Å². The van der Waals surface area contributed by atoms with E-state index in [1.54, 1.807) is 7.11 Å². The minimum Gasteiger partial charge on any atom is -0.383 e. The summed E-state index contributed by atoms with van der Waals surface area (Å²) in [5.74, 6) is 0.716. The molecule has 0 amide bonds. The van der Waals surface area contributed by atoms with Crippen molar-refractivity contribution in [2.45, 2.75) is 20.4 Å². The van der Waals surface area contributed by atoms with Crippen molar-refractivity contribution in [3.8, 4) is 11.4 Å². The first kappa shape index (κ1) is 15.9. The van der Waals surface area contributed by atoms with Crippen LogP contribution in [-0.2, 0) is 11.3 Å². The molecule has 1 aromatic carbocycles. The lowest BCUT2D eigenvalue weighted by Gasteiger charge is -2.12. The van der Waals surface area contributed by atoms with Gasteiger partial charge in [0.25, 0.3) is 0 Å². The minimum absolute atomic E-state index is 0.691. The Hall–Kier alpha value is -1.49. The Morgan fingerprint density at radius 3 is 2.52 bits per heavy atom. The molecule has 0 unspecified atom stereocenters. The lowest BCUT2D eigenvalue weighted by Crippen LogP contribution is -2.20. The Balaban J connectivity index is 2.20. The highest BCUT2D eigenvalue weighted by molar-refractivity contribution is 6.30. The molecule has 0 bridgehead atoms. The van der Waals surface area contributed by atoms with E-state index in [1.165, 1.54) is 0 Å². The van der Waals surface area contributed by atoms with Crippen LogP contribution in [0.3, 0.4) is 0 Å². The highest BCUT2D eigenvalue weighted by atomic mass is 35.5. The average Bonchev–Trinajstić information content (AvgIpc) is 2.45. The number of nitrogens with zero attached hydrogens (tertiary/aromatic N) is 2. The molecule has 0 spiro atoms. The Bertz CT molecular complexity index is 593. The molecule has 0 saturated carbocycles. The van der Waals surface area contributed by atoms with Crippen LogP contribution in [-0.4, -0.2) is 30.2 Å². The highest BCUT2D eigenvalue weighted by Gasteiger charge is 2.10. The number of hydrogen-bond donors (Lipinski definition) is 1. The van der Waals surface area contributed by atoms with Crippen molar-refractivity contribution in [1.82, 2.24) is 15.3 Å². The van der Waals surface area contributed by atoms with Gasteiger partial charge in [-0.05, 0) is 26.0 Å². The van der Waals surface area contributed by atoms with E-state index in [4.69, 9.17) is 16.3 Å².